The van der Waals surface area contributed by atoms with Gasteiger partial charge in [0.1, 0.15) is 5.25 Å². The molecule has 1 atom stereocenters. The molecule has 3 rings (SSSR count). The number of hydrogen-bond acceptors (Lipinski definition) is 6. The number of nitrogens with one attached hydrogen (secondary N) is 2. The zero-order chi connectivity index (χ0) is 20.8. The number of thioether (sulfide) groups is 1. The van der Waals surface area contributed by atoms with E-state index >= 15 is 0 Å². The zero-order valence-electron chi connectivity index (χ0n) is 15.9. The largest absolute Gasteiger partial charge is 0.378 e. The Morgan fingerprint density at radius 3 is 2.55 bits per heavy atom. The van der Waals surface area contributed by atoms with Gasteiger partial charge in [0.25, 0.3) is 0 Å². The third kappa shape index (κ3) is 6.07. The molecule has 1 heterocycles. The molecule has 150 valence electrons. The number of carbonyl (C=O) groups is 2. The van der Waals surface area contributed by atoms with Crippen LogP contribution in [0.25, 0.3) is 0 Å². The van der Waals surface area contributed by atoms with Crippen molar-refractivity contribution in [2.24, 2.45) is 10.2 Å². The average Bonchev–Trinajstić information content (AvgIpc) is 2.69. The fraction of sp³-hybridized carbons (Fsp3) is 0.200. The highest BCUT2D eigenvalue weighted by Crippen LogP contribution is 2.23. The van der Waals surface area contributed by atoms with Crippen LogP contribution in [0.5, 0.6) is 0 Å². The van der Waals surface area contributed by atoms with Gasteiger partial charge in [-0.25, -0.2) is 0 Å². The number of nitrogens with zero attached hydrogens (tertiary/aromatic N) is 3. The fourth-order valence-electron chi connectivity index (χ4n) is 2.50. The Morgan fingerprint density at radius 1 is 1.21 bits per heavy atom. The Morgan fingerprint density at radius 2 is 1.90 bits per heavy atom. The van der Waals surface area contributed by atoms with Crippen molar-refractivity contribution in [3.05, 3.63) is 59.1 Å². The van der Waals surface area contributed by atoms with Crippen LogP contribution in [-0.2, 0) is 9.59 Å². The number of halogens is 1. The van der Waals surface area contributed by atoms with Crippen molar-refractivity contribution in [1.82, 2.24) is 5.32 Å². The van der Waals surface area contributed by atoms with Gasteiger partial charge in [0.05, 0.1) is 6.21 Å². The van der Waals surface area contributed by atoms with E-state index in [1.54, 1.807) is 30.5 Å². The highest BCUT2D eigenvalue weighted by molar-refractivity contribution is 8.15. The molecule has 0 radical (unpaired) electrons. The van der Waals surface area contributed by atoms with Crippen molar-refractivity contribution in [3.8, 4) is 0 Å². The van der Waals surface area contributed by atoms with E-state index in [9.17, 15) is 9.59 Å². The molecular formula is C20H20ClN5O2S. The average molecular weight is 430 g/mol. The maximum absolute atomic E-state index is 12.5. The lowest BCUT2D eigenvalue weighted by Gasteiger charge is -2.21. The van der Waals surface area contributed by atoms with E-state index in [1.165, 1.54) is 11.8 Å². The van der Waals surface area contributed by atoms with Crippen LogP contribution < -0.4 is 15.5 Å². The molecule has 0 spiro atoms. The molecule has 2 amide bonds. The van der Waals surface area contributed by atoms with E-state index < -0.39 is 5.25 Å². The van der Waals surface area contributed by atoms with Gasteiger partial charge in [-0.2, -0.15) is 5.10 Å². The summed E-state index contributed by atoms with van der Waals surface area (Å²) < 4.78 is 0. The molecule has 0 aromatic heterocycles. The Balaban J connectivity index is 1.63. The van der Waals surface area contributed by atoms with Gasteiger partial charge in [0.15, 0.2) is 5.17 Å². The molecule has 0 aliphatic carbocycles. The molecule has 1 saturated heterocycles. The number of amides is 2. The summed E-state index contributed by atoms with van der Waals surface area (Å²) in [6.45, 7) is 0. The van der Waals surface area contributed by atoms with E-state index in [4.69, 9.17) is 11.6 Å². The molecule has 7 nitrogen and oxygen atoms in total. The lowest BCUT2D eigenvalue weighted by molar-refractivity contribution is -0.123. The smallest absolute Gasteiger partial charge is 0.238 e. The van der Waals surface area contributed by atoms with Crippen molar-refractivity contribution in [3.63, 3.8) is 0 Å². The van der Waals surface area contributed by atoms with Crippen molar-refractivity contribution in [2.45, 2.75) is 11.7 Å². The lowest BCUT2D eigenvalue weighted by Crippen LogP contribution is -2.41. The van der Waals surface area contributed by atoms with E-state index in [0.717, 1.165) is 11.3 Å². The van der Waals surface area contributed by atoms with E-state index in [0.29, 0.717) is 15.9 Å². The molecule has 9 heteroatoms. The molecule has 1 unspecified atom stereocenters. The normalized spacial score (nSPS) is 18.0. The molecule has 1 aliphatic heterocycles. The number of hydrogen-bond donors (Lipinski definition) is 2. The second-order valence-corrected chi connectivity index (χ2v) is 8.12. The summed E-state index contributed by atoms with van der Waals surface area (Å²) in [5.74, 6) is -0.549. The van der Waals surface area contributed by atoms with Gasteiger partial charge < -0.3 is 15.5 Å². The fourth-order valence-corrected chi connectivity index (χ4v) is 3.57. The molecule has 1 aliphatic rings. The van der Waals surface area contributed by atoms with Crippen molar-refractivity contribution < 1.29 is 9.59 Å². The summed E-state index contributed by atoms with van der Waals surface area (Å²) in [4.78, 5) is 26.4. The number of carbonyl (C=O) groups excluding carboxylic acids is 2. The number of rotatable bonds is 5. The Labute approximate surface area is 178 Å². The standard InChI is InChI=1S/C20H20ClN5O2S/c1-26(2)16-9-3-13(4-10-16)12-22-25-20-24-18(27)11-17(29-20)19(28)23-15-7-5-14(21)6-8-15/h3-10,12,17H,11H2,1-2H3,(H,23,28)(H,24,25,27). The minimum atomic E-state index is -0.590. The highest BCUT2D eigenvalue weighted by Gasteiger charge is 2.30. The van der Waals surface area contributed by atoms with Crippen molar-refractivity contribution in [2.75, 3.05) is 24.3 Å². The number of amidine groups is 1. The molecule has 0 bridgehead atoms. The van der Waals surface area contributed by atoms with Gasteiger partial charge in [-0.05, 0) is 42.0 Å². The second-order valence-electron chi connectivity index (χ2n) is 6.49. The van der Waals surface area contributed by atoms with Gasteiger partial charge in [-0.3, -0.25) is 9.59 Å². The topological polar surface area (TPSA) is 86.2 Å². The summed E-state index contributed by atoms with van der Waals surface area (Å²) in [5.41, 5.74) is 2.57. The van der Waals surface area contributed by atoms with Crippen LogP contribution in [0.4, 0.5) is 11.4 Å². The van der Waals surface area contributed by atoms with E-state index in [1.807, 2.05) is 43.3 Å². The quantitative estimate of drug-likeness (QED) is 0.563. The molecule has 0 saturated carbocycles. The first kappa shape index (κ1) is 20.9. The van der Waals surface area contributed by atoms with Crippen LogP contribution in [0, 0.1) is 0 Å². The van der Waals surface area contributed by atoms with E-state index in [2.05, 4.69) is 20.8 Å². The molecule has 2 aromatic carbocycles. The molecule has 2 N–H and O–H groups in total. The Bertz CT molecular complexity index is 942. The van der Waals surface area contributed by atoms with Gasteiger partial charge in [-0.15, -0.1) is 5.10 Å². The summed E-state index contributed by atoms with van der Waals surface area (Å²) in [6, 6.07) is 14.6. The van der Waals surface area contributed by atoms with Gasteiger partial charge in [0, 0.05) is 36.9 Å². The monoisotopic (exact) mass is 429 g/mol. The highest BCUT2D eigenvalue weighted by atomic mass is 35.5. The number of benzene rings is 2. The number of anilines is 2. The van der Waals surface area contributed by atoms with Gasteiger partial charge >= 0.3 is 0 Å². The predicted octanol–water partition coefficient (Wildman–Crippen LogP) is 3.36. The molecule has 2 aromatic rings. The summed E-state index contributed by atoms with van der Waals surface area (Å²) in [5, 5.41) is 13.8. The minimum Gasteiger partial charge on any atom is -0.378 e. The maximum atomic E-state index is 12.5. The Hall–Kier alpha value is -2.84. The first-order valence-electron chi connectivity index (χ1n) is 8.82. The maximum Gasteiger partial charge on any atom is 0.238 e. The predicted molar refractivity (Wildman–Crippen MR) is 120 cm³/mol. The third-order valence-electron chi connectivity index (χ3n) is 4.04. The third-order valence-corrected chi connectivity index (χ3v) is 5.36. The van der Waals surface area contributed by atoms with Gasteiger partial charge in [0.2, 0.25) is 11.8 Å². The van der Waals surface area contributed by atoms with Crippen molar-refractivity contribution in [1.29, 1.82) is 0 Å². The first-order chi connectivity index (χ1) is 13.9. The SMILES string of the molecule is CN(C)c1ccc(C=N/N=C2\NC(=O)CC(C(=O)Nc3ccc(Cl)cc3)S2)cc1. The van der Waals surface area contributed by atoms with Crippen LogP contribution in [0.1, 0.15) is 12.0 Å². The van der Waals surface area contributed by atoms with Gasteiger partial charge in [-0.1, -0.05) is 35.5 Å². The molecular weight excluding hydrogens is 410 g/mol. The molecule has 1 fully saturated rings. The zero-order valence-corrected chi connectivity index (χ0v) is 17.5. The van der Waals surface area contributed by atoms with Crippen molar-refractivity contribution >= 4 is 57.9 Å². The van der Waals surface area contributed by atoms with Crippen LogP contribution in [-0.4, -0.2) is 42.5 Å². The van der Waals surface area contributed by atoms with Crippen LogP contribution in [0.2, 0.25) is 5.02 Å². The first-order valence-corrected chi connectivity index (χ1v) is 10.1. The summed E-state index contributed by atoms with van der Waals surface area (Å²) in [7, 11) is 3.94. The lowest BCUT2D eigenvalue weighted by atomic mass is 10.2. The Kier molecular flexibility index (Phi) is 6.90. The molecule has 29 heavy (non-hydrogen) atoms. The van der Waals surface area contributed by atoms with Crippen LogP contribution >= 0.6 is 23.4 Å². The summed E-state index contributed by atoms with van der Waals surface area (Å²) in [6.07, 6.45) is 1.66. The van der Waals surface area contributed by atoms with E-state index in [-0.39, 0.29) is 18.2 Å². The minimum absolute atomic E-state index is 0.0683. The second kappa shape index (κ2) is 9.58. The van der Waals surface area contributed by atoms with Crippen LogP contribution in [0.15, 0.2) is 58.7 Å². The van der Waals surface area contributed by atoms with Crippen LogP contribution in [0.3, 0.4) is 0 Å². The summed E-state index contributed by atoms with van der Waals surface area (Å²) >= 11 is 7.02.